The molecule has 1 N–H and O–H groups in total. The van der Waals surface area contributed by atoms with Gasteiger partial charge in [0, 0.05) is 34.7 Å². The van der Waals surface area contributed by atoms with Crippen molar-refractivity contribution in [2.45, 2.75) is 20.8 Å². The molecule has 2 aromatic heterocycles. The zero-order valence-electron chi connectivity index (χ0n) is 18.4. The zero-order valence-corrected chi connectivity index (χ0v) is 18.4. The molecule has 0 aliphatic rings. The lowest BCUT2D eigenvalue weighted by Gasteiger charge is -2.11. The molecule has 0 radical (unpaired) electrons. The van der Waals surface area contributed by atoms with Crippen LogP contribution in [0.25, 0.3) is 27.7 Å². The van der Waals surface area contributed by atoms with E-state index in [1.54, 1.807) is 26.4 Å². The Balaban J connectivity index is 1.72. The molecule has 0 atom stereocenters. The van der Waals surface area contributed by atoms with Crippen molar-refractivity contribution in [3.8, 4) is 22.6 Å². The van der Waals surface area contributed by atoms with Gasteiger partial charge >= 0.3 is 0 Å². The minimum atomic E-state index is -0.305. The molecule has 0 saturated carbocycles. The summed E-state index contributed by atoms with van der Waals surface area (Å²) in [5.41, 5.74) is 4.21. The van der Waals surface area contributed by atoms with Crippen LogP contribution in [0.3, 0.4) is 0 Å². The van der Waals surface area contributed by atoms with Crippen molar-refractivity contribution in [1.82, 2.24) is 5.16 Å². The largest absolute Gasteiger partial charge is 0.497 e. The lowest BCUT2D eigenvalue weighted by molar-refractivity contribution is -0.111. The van der Waals surface area contributed by atoms with Gasteiger partial charge in [-0.1, -0.05) is 17.3 Å². The number of fused-ring (bicyclic) bond motifs is 1. The summed E-state index contributed by atoms with van der Waals surface area (Å²) >= 11 is 0. The molecule has 0 aliphatic carbocycles. The number of nitrogens with zero attached hydrogens (tertiary/aromatic N) is 1. The van der Waals surface area contributed by atoms with Crippen LogP contribution in [0.4, 0.5) is 5.82 Å². The molecule has 0 saturated heterocycles. The van der Waals surface area contributed by atoms with E-state index in [9.17, 15) is 4.79 Å². The van der Waals surface area contributed by atoms with Crippen LogP contribution < -0.4 is 14.8 Å². The fourth-order valence-electron chi connectivity index (χ4n) is 3.49. The molecular formula is C25H24N2O5. The number of aromatic nitrogens is 1. The fraction of sp³-hybridized carbons (Fsp3) is 0.200. The smallest absolute Gasteiger partial charge is 0.249 e. The predicted octanol–water partition coefficient (Wildman–Crippen LogP) is 5.85. The quantitative estimate of drug-likeness (QED) is 0.369. The second-order valence-electron chi connectivity index (χ2n) is 7.29. The summed E-state index contributed by atoms with van der Waals surface area (Å²) in [4.78, 5) is 12.5. The summed E-state index contributed by atoms with van der Waals surface area (Å²) in [5.74, 6) is 2.12. The number of anilines is 1. The summed E-state index contributed by atoms with van der Waals surface area (Å²) in [5, 5.41) is 7.42. The van der Waals surface area contributed by atoms with Gasteiger partial charge < -0.3 is 23.7 Å². The molecular weight excluding hydrogens is 408 g/mol. The number of hydrogen-bond acceptors (Lipinski definition) is 6. The molecule has 0 fully saturated rings. The zero-order chi connectivity index (χ0) is 22.7. The molecule has 0 bridgehead atoms. The van der Waals surface area contributed by atoms with Gasteiger partial charge in [-0.05, 0) is 50.1 Å². The lowest BCUT2D eigenvalue weighted by Crippen LogP contribution is -2.09. The highest BCUT2D eigenvalue weighted by molar-refractivity contribution is 6.05. The molecule has 164 valence electrons. The van der Waals surface area contributed by atoms with Crippen LogP contribution in [-0.4, -0.2) is 24.8 Å². The maximum Gasteiger partial charge on any atom is 0.249 e. The highest BCUT2D eigenvalue weighted by atomic mass is 16.5. The number of rotatable bonds is 7. The standard InChI is InChI=1S/C25H24N2O5/c1-5-30-22-13-23-20(21(14-31-23)17-6-8-18(29-4)9-7-17)12-19(22)15(2)10-25(28)26-24-11-16(3)32-27-24/h6-14H,5H2,1-4H3,(H,26,27,28)/b15-10+. The van der Waals surface area contributed by atoms with E-state index in [2.05, 4.69) is 10.5 Å². The molecule has 4 rings (SSSR count). The minimum absolute atomic E-state index is 0.305. The van der Waals surface area contributed by atoms with E-state index >= 15 is 0 Å². The lowest BCUT2D eigenvalue weighted by atomic mass is 9.99. The van der Waals surface area contributed by atoms with Crippen molar-refractivity contribution >= 4 is 28.3 Å². The normalized spacial score (nSPS) is 11.6. The average molecular weight is 432 g/mol. The van der Waals surface area contributed by atoms with E-state index < -0.39 is 0 Å². The van der Waals surface area contributed by atoms with Crippen LogP contribution in [0, 0.1) is 6.92 Å². The Morgan fingerprint density at radius 1 is 1.19 bits per heavy atom. The average Bonchev–Trinajstić information content (AvgIpc) is 3.38. The van der Waals surface area contributed by atoms with E-state index in [1.807, 2.05) is 50.2 Å². The molecule has 1 amide bonds. The van der Waals surface area contributed by atoms with Crippen LogP contribution in [0.5, 0.6) is 11.5 Å². The van der Waals surface area contributed by atoms with Crippen molar-refractivity contribution in [3.05, 3.63) is 66.1 Å². The van der Waals surface area contributed by atoms with Crippen LogP contribution in [0.2, 0.25) is 0 Å². The third-order valence-electron chi connectivity index (χ3n) is 5.03. The van der Waals surface area contributed by atoms with Gasteiger partial charge in [0.2, 0.25) is 5.91 Å². The number of benzene rings is 2. The second kappa shape index (κ2) is 9.01. The first kappa shape index (κ1) is 21.2. The molecule has 0 unspecified atom stereocenters. The van der Waals surface area contributed by atoms with Gasteiger partial charge in [-0.2, -0.15) is 0 Å². The Morgan fingerprint density at radius 3 is 2.62 bits per heavy atom. The molecule has 0 aliphatic heterocycles. The number of allylic oxidation sites excluding steroid dienone is 1. The van der Waals surface area contributed by atoms with Crippen LogP contribution in [-0.2, 0) is 4.79 Å². The van der Waals surface area contributed by atoms with Gasteiger partial charge in [0.25, 0.3) is 0 Å². The number of carbonyl (C=O) groups excluding carboxylic acids is 1. The van der Waals surface area contributed by atoms with Crippen molar-refractivity contribution in [2.24, 2.45) is 0 Å². The van der Waals surface area contributed by atoms with E-state index in [-0.39, 0.29) is 5.91 Å². The molecule has 4 aromatic rings. The van der Waals surface area contributed by atoms with Gasteiger partial charge in [-0.3, -0.25) is 4.79 Å². The maximum atomic E-state index is 12.5. The van der Waals surface area contributed by atoms with Gasteiger partial charge in [-0.15, -0.1) is 0 Å². The van der Waals surface area contributed by atoms with Crippen LogP contribution in [0.1, 0.15) is 25.2 Å². The SMILES string of the molecule is CCOc1cc2occ(-c3ccc(OC)cc3)c2cc1/C(C)=C/C(=O)Nc1cc(C)on1. The van der Waals surface area contributed by atoms with E-state index in [4.69, 9.17) is 18.4 Å². The predicted molar refractivity (Wildman–Crippen MR) is 123 cm³/mol. The maximum absolute atomic E-state index is 12.5. The first-order chi connectivity index (χ1) is 15.5. The number of ether oxygens (including phenoxy) is 2. The summed E-state index contributed by atoms with van der Waals surface area (Å²) < 4.78 is 21.9. The van der Waals surface area contributed by atoms with Gasteiger partial charge in [-0.25, -0.2) is 0 Å². The summed E-state index contributed by atoms with van der Waals surface area (Å²) in [6.45, 7) is 6.03. The summed E-state index contributed by atoms with van der Waals surface area (Å²) in [7, 11) is 1.64. The number of amides is 1. The van der Waals surface area contributed by atoms with Gasteiger partial charge in [0.1, 0.15) is 22.8 Å². The van der Waals surface area contributed by atoms with Crippen LogP contribution >= 0.6 is 0 Å². The second-order valence-corrected chi connectivity index (χ2v) is 7.29. The number of carbonyl (C=O) groups is 1. The third kappa shape index (κ3) is 4.37. The van der Waals surface area contributed by atoms with E-state index in [0.29, 0.717) is 29.5 Å². The van der Waals surface area contributed by atoms with Crippen molar-refractivity contribution in [1.29, 1.82) is 0 Å². The highest BCUT2D eigenvalue weighted by Crippen LogP contribution is 2.38. The summed E-state index contributed by atoms with van der Waals surface area (Å²) in [6.07, 6.45) is 3.24. The molecule has 32 heavy (non-hydrogen) atoms. The molecule has 2 heterocycles. The topological polar surface area (TPSA) is 86.7 Å². The third-order valence-corrected chi connectivity index (χ3v) is 5.03. The number of nitrogens with one attached hydrogen (secondary N) is 1. The Morgan fingerprint density at radius 2 is 1.97 bits per heavy atom. The van der Waals surface area contributed by atoms with Crippen molar-refractivity contribution in [3.63, 3.8) is 0 Å². The van der Waals surface area contributed by atoms with Gasteiger partial charge in [0.15, 0.2) is 5.82 Å². The summed E-state index contributed by atoms with van der Waals surface area (Å²) in [6, 6.07) is 13.3. The highest BCUT2D eigenvalue weighted by Gasteiger charge is 2.16. The van der Waals surface area contributed by atoms with E-state index in [0.717, 1.165) is 33.4 Å². The van der Waals surface area contributed by atoms with Crippen molar-refractivity contribution in [2.75, 3.05) is 19.0 Å². The monoisotopic (exact) mass is 432 g/mol. The molecule has 2 aromatic carbocycles. The Bertz CT molecular complexity index is 1280. The van der Waals surface area contributed by atoms with Gasteiger partial charge in [0.05, 0.1) is 20.0 Å². The minimum Gasteiger partial charge on any atom is -0.497 e. The number of methoxy groups -OCH3 is 1. The number of hydrogen-bond donors (Lipinski definition) is 1. The van der Waals surface area contributed by atoms with Crippen LogP contribution in [0.15, 0.2) is 63.7 Å². The first-order valence-corrected chi connectivity index (χ1v) is 10.2. The number of aryl methyl sites for hydroxylation is 1. The fourth-order valence-corrected chi connectivity index (χ4v) is 3.49. The Hall–Kier alpha value is -4.00. The Labute approximate surface area is 185 Å². The first-order valence-electron chi connectivity index (χ1n) is 10.2. The molecule has 7 heteroatoms. The van der Waals surface area contributed by atoms with E-state index in [1.165, 1.54) is 6.08 Å². The van der Waals surface area contributed by atoms with Crippen molar-refractivity contribution < 1.29 is 23.2 Å². The Kier molecular flexibility index (Phi) is 5.98. The molecule has 7 nitrogen and oxygen atoms in total. The number of furan rings is 1. The molecule has 0 spiro atoms.